The van der Waals surface area contributed by atoms with Crippen molar-refractivity contribution in [2.75, 3.05) is 6.61 Å². The maximum atomic E-state index is 11.5. The Balaban J connectivity index is 1.71. The van der Waals surface area contributed by atoms with Crippen molar-refractivity contribution in [3.63, 3.8) is 0 Å². The highest BCUT2D eigenvalue weighted by atomic mass is 16.8. The van der Waals surface area contributed by atoms with Gasteiger partial charge in [-0.3, -0.25) is 0 Å². The van der Waals surface area contributed by atoms with Crippen LogP contribution in [0.3, 0.4) is 0 Å². The number of rotatable bonds is 0. The monoisotopic (exact) mass is 350 g/mol. The molecule has 25 heavy (non-hydrogen) atoms. The Labute approximate surface area is 149 Å². The van der Waals surface area contributed by atoms with Crippen LogP contribution in [0, 0.1) is 11.3 Å². The summed E-state index contributed by atoms with van der Waals surface area (Å²) in [6.07, 6.45) is 5.24. The summed E-state index contributed by atoms with van der Waals surface area (Å²) in [6, 6.07) is 0. The lowest BCUT2D eigenvalue weighted by Crippen LogP contribution is -2.74. The molecule has 5 nitrogen and oxygen atoms in total. The van der Waals surface area contributed by atoms with Gasteiger partial charge in [-0.25, -0.2) is 0 Å². The molecule has 0 amide bonds. The second-order valence-corrected chi connectivity index (χ2v) is 9.61. The Morgan fingerprint density at radius 2 is 2.00 bits per heavy atom. The van der Waals surface area contributed by atoms with Crippen LogP contribution in [0.1, 0.15) is 59.8 Å². The van der Waals surface area contributed by atoms with E-state index in [1.165, 1.54) is 5.57 Å². The summed E-state index contributed by atoms with van der Waals surface area (Å²) in [5.41, 5.74) is -1.05. The van der Waals surface area contributed by atoms with E-state index in [0.29, 0.717) is 18.9 Å². The fraction of sp³-hybridized carbons (Fsp3) is 0.900. The highest BCUT2D eigenvalue weighted by Gasteiger charge is 2.96. The van der Waals surface area contributed by atoms with Gasteiger partial charge in [-0.2, -0.15) is 0 Å². The number of epoxide rings is 1. The molecule has 0 aromatic carbocycles. The first-order chi connectivity index (χ1) is 11.7. The maximum Gasteiger partial charge on any atom is 0.230 e. The van der Waals surface area contributed by atoms with Crippen molar-refractivity contribution in [3.8, 4) is 0 Å². The fourth-order valence-electron chi connectivity index (χ4n) is 6.50. The van der Waals surface area contributed by atoms with E-state index in [2.05, 4.69) is 26.8 Å². The fourth-order valence-corrected chi connectivity index (χ4v) is 6.50. The molecule has 5 heterocycles. The third-order valence-electron chi connectivity index (χ3n) is 8.49. The zero-order valence-electron chi connectivity index (χ0n) is 15.7. The Morgan fingerprint density at radius 3 is 2.76 bits per heavy atom. The van der Waals surface area contributed by atoms with Crippen LogP contribution >= 0.6 is 0 Å². The lowest BCUT2D eigenvalue weighted by atomic mass is 9.53. The van der Waals surface area contributed by atoms with Gasteiger partial charge in [0.05, 0.1) is 18.3 Å². The zero-order chi connectivity index (χ0) is 17.9. The van der Waals surface area contributed by atoms with Crippen molar-refractivity contribution in [2.45, 2.75) is 94.6 Å². The molecule has 5 heteroatoms. The average Bonchev–Trinajstić information content (AvgIpc) is 3.20. The molecule has 4 fully saturated rings. The molecule has 0 unspecified atom stereocenters. The van der Waals surface area contributed by atoms with E-state index >= 15 is 0 Å². The van der Waals surface area contributed by atoms with Crippen LogP contribution < -0.4 is 0 Å². The van der Waals surface area contributed by atoms with Crippen molar-refractivity contribution in [1.29, 1.82) is 0 Å². The van der Waals surface area contributed by atoms with E-state index in [-0.39, 0.29) is 11.5 Å². The van der Waals surface area contributed by atoms with Crippen LogP contribution in [0.25, 0.3) is 0 Å². The molecule has 0 aromatic rings. The minimum atomic E-state index is -1.68. The predicted molar refractivity (Wildman–Crippen MR) is 90.8 cm³/mol. The minimum absolute atomic E-state index is 0.112. The molecule has 7 rings (SSSR count). The van der Waals surface area contributed by atoms with Gasteiger partial charge in [-0.1, -0.05) is 25.5 Å². The molecule has 5 aliphatic heterocycles. The lowest BCUT2D eigenvalue weighted by Gasteiger charge is -2.56. The standard InChI is InChI=1S/C20H30O5/c1-12-6-5-8-17(4)15(21)20(22)19-14(24-17)10-13(2)16(3,9-7-12)18(19,25-19)11-23-20/h6,13-15,21-22H,5,7-11H2,1-4H3/b12-6-/t13-,14-,15+,16-,17+,18-,19+,20-/m1/s1. The molecule has 6 bridgehead atoms. The third-order valence-corrected chi connectivity index (χ3v) is 8.49. The lowest BCUT2D eigenvalue weighted by molar-refractivity contribution is -0.369. The molecular weight excluding hydrogens is 320 g/mol. The average molecular weight is 350 g/mol. The largest absolute Gasteiger partial charge is 0.384 e. The smallest absolute Gasteiger partial charge is 0.230 e. The van der Waals surface area contributed by atoms with Crippen molar-refractivity contribution in [2.24, 2.45) is 11.3 Å². The molecule has 0 radical (unpaired) electrons. The number of aliphatic hydroxyl groups excluding tert-OH is 1. The molecule has 140 valence electrons. The summed E-state index contributed by atoms with van der Waals surface area (Å²) in [6.45, 7) is 8.97. The van der Waals surface area contributed by atoms with Crippen LogP contribution in [-0.4, -0.2) is 51.6 Å². The first-order valence-electron chi connectivity index (χ1n) is 9.73. The second kappa shape index (κ2) is 4.50. The van der Waals surface area contributed by atoms with Gasteiger partial charge in [0.15, 0.2) is 5.60 Å². The summed E-state index contributed by atoms with van der Waals surface area (Å²) in [5.74, 6) is -1.28. The van der Waals surface area contributed by atoms with E-state index in [1.807, 2.05) is 6.92 Å². The summed E-state index contributed by atoms with van der Waals surface area (Å²) in [5, 5.41) is 22.6. The highest BCUT2D eigenvalue weighted by molar-refractivity contribution is 5.40. The van der Waals surface area contributed by atoms with Crippen molar-refractivity contribution in [1.82, 2.24) is 0 Å². The minimum Gasteiger partial charge on any atom is -0.384 e. The summed E-state index contributed by atoms with van der Waals surface area (Å²) >= 11 is 0. The van der Waals surface area contributed by atoms with Crippen LogP contribution in [0.4, 0.5) is 0 Å². The second-order valence-electron chi connectivity index (χ2n) is 9.61. The number of hydrogen-bond acceptors (Lipinski definition) is 5. The molecule has 2 N–H and O–H groups in total. The highest BCUT2D eigenvalue weighted by Crippen LogP contribution is 2.78. The van der Waals surface area contributed by atoms with Crippen LogP contribution in [-0.2, 0) is 14.2 Å². The molecular formula is C20H30O5. The number of fused-ring (bicyclic) bond motifs is 1. The quantitative estimate of drug-likeness (QED) is 0.518. The summed E-state index contributed by atoms with van der Waals surface area (Å²) < 4.78 is 18.9. The van der Waals surface area contributed by atoms with Gasteiger partial charge in [-0.05, 0) is 51.9 Å². The Hall–Kier alpha value is -0.460. The maximum absolute atomic E-state index is 11.5. The van der Waals surface area contributed by atoms with Gasteiger partial charge in [-0.15, -0.1) is 0 Å². The number of ether oxygens (including phenoxy) is 3. The van der Waals surface area contributed by atoms with E-state index < -0.39 is 28.7 Å². The van der Waals surface area contributed by atoms with E-state index in [9.17, 15) is 10.2 Å². The van der Waals surface area contributed by atoms with Gasteiger partial charge in [0.1, 0.15) is 11.7 Å². The van der Waals surface area contributed by atoms with Gasteiger partial charge in [0.2, 0.25) is 5.79 Å². The molecule has 1 saturated carbocycles. The topological polar surface area (TPSA) is 71.5 Å². The molecule has 2 aliphatic carbocycles. The Kier molecular flexibility index (Phi) is 3.01. The first-order valence-corrected chi connectivity index (χ1v) is 9.73. The van der Waals surface area contributed by atoms with Crippen LogP contribution in [0.2, 0.25) is 0 Å². The number of allylic oxidation sites excluding steroid dienone is 2. The molecule has 3 saturated heterocycles. The zero-order valence-corrected chi connectivity index (χ0v) is 15.7. The van der Waals surface area contributed by atoms with E-state index in [4.69, 9.17) is 14.2 Å². The van der Waals surface area contributed by atoms with E-state index in [0.717, 1.165) is 25.7 Å². The SMILES string of the molecule is C/C1=C/CC[C@]2(C)O[C@@H]3C[C@@H](C)[C@@](C)(CC1)[C@]14CO[C@](O)([C@H]2O)[C@]31O4. The normalized spacial score (nSPS) is 64.9. The van der Waals surface area contributed by atoms with Gasteiger partial charge in [0.25, 0.3) is 0 Å². The first kappa shape index (κ1) is 16.7. The van der Waals surface area contributed by atoms with E-state index in [1.54, 1.807) is 0 Å². The van der Waals surface area contributed by atoms with Crippen LogP contribution in [0.15, 0.2) is 11.6 Å². The Bertz CT molecular complexity index is 662. The van der Waals surface area contributed by atoms with Crippen molar-refractivity contribution < 1.29 is 24.4 Å². The van der Waals surface area contributed by atoms with Crippen molar-refractivity contribution in [3.05, 3.63) is 11.6 Å². The van der Waals surface area contributed by atoms with Crippen LogP contribution in [0.5, 0.6) is 0 Å². The molecule has 8 atom stereocenters. The molecule has 0 aromatic heterocycles. The summed E-state index contributed by atoms with van der Waals surface area (Å²) in [4.78, 5) is 0. The predicted octanol–water partition coefficient (Wildman–Crippen LogP) is 2.30. The summed E-state index contributed by atoms with van der Waals surface area (Å²) in [7, 11) is 0. The molecule has 7 aliphatic rings. The van der Waals surface area contributed by atoms with Gasteiger partial charge in [0, 0.05) is 5.41 Å². The number of aliphatic hydroxyl groups is 2. The third kappa shape index (κ3) is 1.56. The number of hydrogen-bond donors (Lipinski definition) is 2. The Morgan fingerprint density at radius 1 is 1.24 bits per heavy atom. The van der Waals surface area contributed by atoms with Gasteiger partial charge < -0.3 is 24.4 Å². The van der Waals surface area contributed by atoms with Gasteiger partial charge >= 0.3 is 0 Å². The molecule has 1 spiro atoms. The van der Waals surface area contributed by atoms with Crippen molar-refractivity contribution >= 4 is 0 Å².